The van der Waals surface area contributed by atoms with E-state index >= 15 is 0 Å². The van der Waals surface area contributed by atoms with E-state index in [0.717, 1.165) is 9.09 Å². The monoisotopic (exact) mass is 398 g/mol. The maximum absolute atomic E-state index is 11.6. The van der Waals surface area contributed by atoms with Crippen molar-refractivity contribution in [3.05, 3.63) is 36.0 Å². The fourth-order valence-electron chi connectivity index (χ4n) is 1.08. The van der Waals surface area contributed by atoms with Crippen LogP contribution >= 0.6 is 45.2 Å². The van der Waals surface area contributed by atoms with Gasteiger partial charge in [-0.1, -0.05) is 0 Å². The van der Waals surface area contributed by atoms with Crippen LogP contribution in [0.5, 0.6) is 0 Å². The van der Waals surface area contributed by atoms with Crippen LogP contribution in [0.1, 0.15) is 0 Å². The average Bonchev–Trinajstić information content (AvgIpc) is 2.12. The van der Waals surface area contributed by atoms with E-state index in [4.69, 9.17) is 0 Å². The Balaban J connectivity index is 3.03. The van der Waals surface area contributed by atoms with Gasteiger partial charge >= 0.3 is 0 Å². The SMILES string of the molecule is O=c1c(I)c[nH]c2c(I)cncc12. The summed E-state index contributed by atoms with van der Waals surface area (Å²) in [5, 5.41) is 0.652. The molecule has 0 fully saturated rings. The molecule has 0 spiro atoms. The highest BCUT2D eigenvalue weighted by atomic mass is 127. The zero-order chi connectivity index (χ0) is 9.42. The van der Waals surface area contributed by atoms with Gasteiger partial charge in [0, 0.05) is 18.6 Å². The van der Waals surface area contributed by atoms with Crippen molar-refractivity contribution in [2.24, 2.45) is 0 Å². The van der Waals surface area contributed by atoms with Crippen molar-refractivity contribution in [2.45, 2.75) is 0 Å². The number of hydrogen-bond donors (Lipinski definition) is 1. The van der Waals surface area contributed by atoms with E-state index in [1.54, 1.807) is 18.6 Å². The molecule has 2 heterocycles. The third kappa shape index (κ3) is 1.58. The molecular weight excluding hydrogens is 394 g/mol. The van der Waals surface area contributed by atoms with Crippen LogP contribution in [-0.4, -0.2) is 9.97 Å². The summed E-state index contributed by atoms with van der Waals surface area (Å²) < 4.78 is 1.65. The van der Waals surface area contributed by atoms with Crippen LogP contribution in [0.25, 0.3) is 10.9 Å². The van der Waals surface area contributed by atoms with Crippen molar-refractivity contribution >= 4 is 56.1 Å². The molecule has 0 aliphatic heterocycles. The minimum atomic E-state index is 0.0420. The number of rotatable bonds is 0. The summed E-state index contributed by atoms with van der Waals surface area (Å²) in [5.41, 5.74) is 0.904. The van der Waals surface area contributed by atoms with E-state index in [9.17, 15) is 4.79 Å². The van der Waals surface area contributed by atoms with Gasteiger partial charge in [0.2, 0.25) is 5.43 Å². The molecule has 0 aliphatic rings. The minimum absolute atomic E-state index is 0.0420. The first-order chi connectivity index (χ1) is 6.20. The topological polar surface area (TPSA) is 45.8 Å². The average molecular weight is 398 g/mol. The van der Waals surface area contributed by atoms with Gasteiger partial charge in [0.15, 0.2) is 0 Å². The van der Waals surface area contributed by atoms with E-state index in [1.807, 2.05) is 22.6 Å². The van der Waals surface area contributed by atoms with Gasteiger partial charge in [-0.25, -0.2) is 0 Å². The van der Waals surface area contributed by atoms with Gasteiger partial charge in [-0.2, -0.15) is 0 Å². The Morgan fingerprint density at radius 2 is 2.00 bits per heavy atom. The number of fused-ring (bicyclic) bond motifs is 1. The molecule has 0 saturated heterocycles. The summed E-state index contributed by atoms with van der Waals surface area (Å²) in [6, 6.07) is 0. The van der Waals surface area contributed by atoms with Crippen LogP contribution in [0.15, 0.2) is 23.4 Å². The lowest BCUT2D eigenvalue weighted by atomic mass is 10.3. The van der Waals surface area contributed by atoms with Crippen LogP contribution in [-0.2, 0) is 0 Å². The van der Waals surface area contributed by atoms with Gasteiger partial charge < -0.3 is 4.98 Å². The Kier molecular flexibility index (Phi) is 2.54. The molecule has 0 saturated carbocycles. The third-order valence-electron chi connectivity index (χ3n) is 1.70. The van der Waals surface area contributed by atoms with E-state index in [-0.39, 0.29) is 5.43 Å². The van der Waals surface area contributed by atoms with Crippen molar-refractivity contribution in [3.8, 4) is 0 Å². The highest BCUT2D eigenvalue weighted by Gasteiger charge is 2.04. The van der Waals surface area contributed by atoms with Gasteiger partial charge in [0.1, 0.15) is 0 Å². The quantitative estimate of drug-likeness (QED) is 0.692. The van der Waals surface area contributed by atoms with Crippen LogP contribution in [0.3, 0.4) is 0 Å². The van der Waals surface area contributed by atoms with Gasteiger partial charge in [-0.05, 0) is 45.2 Å². The predicted molar refractivity (Wildman–Crippen MR) is 67.8 cm³/mol. The molecular formula is C8H4I2N2O. The van der Waals surface area contributed by atoms with Crippen molar-refractivity contribution in [3.63, 3.8) is 0 Å². The second-order valence-electron chi connectivity index (χ2n) is 2.51. The lowest BCUT2D eigenvalue weighted by molar-refractivity contribution is 1.28. The Bertz CT molecular complexity index is 521. The predicted octanol–water partition coefficient (Wildman–Crippen LogP) is 2.13. The number of nitrogens with one attached hydrogen (secondary N) is 1. The van der Waals surface area contributed by atoms with Crippen molar-refractivity contribution < 1.29 is 0 Å². The lowest BCUT2D eigenvalue weighted by Crippen LogP contribution is -2.07. The van der Waals surface area contributed by atoms with Crippen LogP contribution in [0, 0.1) is 7.14 Å². The standard InChI is InChI=1S/C8H4I2N2O/c9-5-2-11-1-4-7(5)12-3-6(10)8(4)13/h1-3H,(H,12,13). The lowest BCUT2D eigenvalue weighted by Gasteiger charge is -1.99. The molecule has 3 nitrogen and oxygen atoms in total. The first-order valence-electron chi connectivity index (χ1n) is 3.50. The van der Waals surface area contributed by atoms with Crippen molar-refractivity contribution in [1.82, 2.24) is 9.97 Å². The second kappa shape index (κ2) is 3.52. The summed E-state index contributed by atoms with van der Waals surface area (Å²) >= 11 is 4.16. The molecule has 0 radical (unpaired) electrons. The fraction of sp³-hybridized carbons (Fsp3) is 0. The van der Waals surface area contributed by atoms with E-state index in [1.165, 1.54) is 0 Å². The molecule has 1 N–H and O–H groups in total. The van der Waals surface area contributed by atoms with Gasteiger partial charge in [0.05, 0.1) is 18.0 Å². The molecule has 5 heteroatoms. The van der Waals surface area contributed by atoms with Crippen molar-refractivity contribution in [1.29, 1.82) is 0 Å². The largest absolute Gasteiger partial charge is 0.359 e. The first kappa shape index (κ1) is 9.38. The number of halogens is 2. The third-order valence-corrected chi connectivity index (χ3v) is 3.32. The molecule has 0 atom stereocenters. The highest BCUT2D eigenvalue weighted by Crippen LogP contribution is 2.14. The molecule has 2 aromatic rings. The molecule has 66 valence electrons. The number of nitrogens with zero attached hydrogens (tertiary/aromatic N) is 1. The van der Waals surface area contributed by atoms with E-state index in [0.29, 0.717) is 8.96 Å². The summed E-state index contributed by atoms with van der Waals surface area (Å²) in [6.07, 6.45) is 5.04. The number of H-pyrrole nitrogens is 1. The number of aromatic nitrogens is 2. The Hall–Kier alpha value is -0.180. The van der Waals surface area contributed by atoms with Gasteiger partial charge in [-0.3, -0.25) is 9.78 Å². The van der Waals surface area contributed by atoms with Gasteiger partial charge in [-0.15, -0.1) is 0 Å². The smallest absolute Gasteiger partial charge is 0.204 e. The molecule has 0 unspecified atom stereocenters. The molecule has 0 aromatic carbocycles. The second-order valence-corrected chi connectivity index (χ2v) is 4.83. The molecule has 0 aliphatic carbocycles. The molecule has 0 bridgehead atoms. The molecule has 0 amide bonds. The summed E-state index contributed by atoms with van der Waals surface area (Å²) in [6.45, 7) is 0. The normalized spacial score (nSPS) is 10.6. The van der Waals surface area contributed by atoms with E-state index < -0.39 is 0 Å². The Morgan fingerprint density at radius 1 is 1.23 bits per heavy atom. The maximum atomic E-state index is 11.6. The maximum Gasteiger partial charge on any atom is 0.204 e. The van der Waals surface area contributed by atoms with Crippen molar-refractivity contribution in [2.75, 3.05) is 0 Å². The van der Waals surface area contributed by atoms with Crippen LogP contribution in [0.4, 0.5) is 0 Å². The number of aromatic amines is 1. The van der Waals surface area contributed by atoms with Crippen LogP contribution in [0.2, 0.25) is 0 Å². The summed E-state index contributed by atoms with van der Waals surface area (Å²) in [7, 11) is 0. The molecule has 2 rings (SSSR count). The fourth-order valence-corrected chi connectivity index (χ4v) is 2.14. The number of pyridine rings is 2. The van der Waals surface area contributed by atoms with Gasteiger partial charge in [0.25, 0.3) is 0 Å². The van der Waals surface area contributed by atoms with E-state index in [2.05, 4.69) is 32.6 Å². The number of hydrogen-bond acceptors (Lipinski definition) is 2. The molecule has 13 heavy (non-hydrogen) atoms. The van der Waals surface area contributed by atoms with Crippen LogP contribution < -0.4 is 5.43 Å². The minimum Gasteiger partial charge on any atom is -0.359 e. The summed E-state index contributed by atoms with van der Waals surface area (Å²) in [4.78, 5) is 18.7. The zero-order valence-electron chi connectivity index (χ0n) is 6.34. The zero-order valence-corrected chi connectivity index (χ0v) is 10.7. The Labute approximate surface area is 101 Å². The molecule has 2 aromatic heterocycles. The Morgan fingerprint density at radius 3 is 2.77 bits per heavy atom. The summed E-state index contributed by atoms with van der Waals surface area (Å²) in [5.74, 6) is 0. The first-order valence-corrected chi connectivity index (χ1v) is 5.66. The highest BCUT2D eigenvalue weighted by molar-refractivity contribution is 14.1.